The Labute approximate surface area is 175 Å². The molecule has 3 rings (SSSR count). The molecule has 1 aromatic carbocycles. The Morgan fingerprint density at radius 2 is 2.04 bits per heavy atom. The van der Waals surface area contributed by atoms with E-state index in [-0.39, 0.29) is 23.8 Å². The summed E-state index contributed by atoms with van der Waals surface area (Å²) in [7, 11) is 0. The minimum absolute atomic E-state index is 0.0743. The number of carbonyl (C=O) groups is 2. The molecule has 1 heterocycles. The van der Waals surface area contributed by atoms with Crippen LogP contribution in [0.3, 0.4) is 0 Å². The highest BCUT2D eigenvalue weighted by Crippen LogP contribution is 2.38. The van der Waals surface area contributed by atoms with Gasteiger partial charge in [0.1, 0.15) is 5.75 Å². The molecule has 1 fully saturated rings. The maximum atomic E-state index is 13.0. The highest BCUT2D eigenvalue weighted by Gasteiger charge is 2.33. The van der Waals surface area contributed by atoms with Crippen LogP contribution in [0.2, 0.25) is 0 Å². The Hall–Kier alpha value is -1.56. The molecule has 0 radical (unpaired) electrons. The van der Waals surface area contributed by atoms with Gasteiger partial charge in [0.15, 0.2) is 5.78 Å². The number of hydrogen-bond acceptors (Lipinski definition) is 4. The van der Waals surface area contributed by atoms with Crippen LogP contribution in [-0.4, -0.2) is 31.1 Å². The third-order valence-electron chi connectivity index (χ3n) is 5.77. The molecule has 154 valence electrons. The Bertz CT molecular complexity index is 713. The lowest BCUT2D eigenvalue weighted by molar-refractivity contribution is 0.0782. The van der Waals surface area contributed by atoms with Gasteiger partial charge in [0.2, 0.25) is 0 Å². The van der Waals surface area contributed by atoms with Crippen molar-refractivity contribution >= 4 is 27.8 Å². The molecule has 2 aliphatic rings. The topological polar surface area (TPSA) is 64.6 Å². The van der Waals surface area contributed by atoms with Gasteiger partial charge in [-0.1, -0.05) is 13.3 Å². The second-order valence-electron chi connectivity index (χ2n) is 8.08. The smallest absolute Gasteiger partial charge is 0.407 e. The van der Waals surface area contributed by atoms with Gasteiger partial charge < -0.3 is 14.8 Å². The first-order chi connectivity index (χ1) is 13.5. The first-order valence-corrected chi connectivity index (χ1v) is 11.2. The number of benzene rings is 1. The van der Waals surface area contributed by atoms with Gasteiger partial charge in [0.25, 0.3) is 0 Å². The molecule has 28 heavy (non-hydrogen) atoms. The Morgan fingerprint density at radius 1 is 1.29 bits per heavy atom. The molecule has 1 saturated carbocycles. The first-order valence-electron chi connectivity index (χ1n) is 10.4. The number of ketones is 1. The monoisotopic (exact) mass is 451 g/mol. The summed E-state index contributed by atoms with van der Waals surface area (Å²) in [6.07, 6.45) is 6.40. The third kappa shape index (κ3) is 5.28. The zero-order valence-electron chi connectivity index (χ0n) is 16.8. The van der Waals surface area contributed by atoms with Gasteiger partial charge >= 0.3 is 6.09 Å². The molecule has 0 spiro atoms. The fourth-order valence-corrected chi connectivity index (χ4v) is 4.86. The van der Waals surface area contributed by atoms with E-state index in [1.807, 2.05) is 19.1 Å². The molecule has 0 aromatic heterocycles. The van der Waals surface area contributed by atoms with Crippen LogP contribution in [0.15, 0.2) is 16.6 Å². The highest BCUT2D eigenvalue weighted by atomic mass is 79.9. The van der Waals surface area contributed by atoms with Crippen LogP contribution in [0.1, 0.15) is 67.8 Å². The minimum Gasteiger partial charge on any atom is -0.491 e. The Balaban J connectivity index is 1.47. The van der Waals surface area contributed by atoms with E-state index in [2.05, 4.69) is 28.2 Å². The van der Waals surface area contributed by atoms with Crippen molar-refractivity contribution in [2.75, 3.05) is 13.2 Å². The number of hydrogen-bond donors (Lipinski definition) is 1. The zero-order chi connectivity index (χ0) is 20.1. The molecular weight excluding hydrogens is 422 g/mol. The van der Waals surface area contributed by atoms with Gasteiger partial charge in [-0.15, -0.1) is 0 Å². The number of halogens is 1. The molecule has 1 atom stereocenters. The molecule has 0 unspecified atom stereocenters. The summed E-state index contributed by atoms with van der Waals surface area (Å²) in [6.45, 7) is 5.00. The van der Waals surface area contributed by atoms with Gasteiger partial charge in [-0.2, -0.15) is 0 Å². The summed E-state index contributed by atoms with van der Waals surface area (Å²) >= 11 is 3.50. The van der Waals surface area contributed by atoms with E-state index >= 15 is 0 Å². The lowest BCUT2D eigenvalue weighted by Crippen LogP contribution is -2.39. The summed E-state index contributed by atoms with van der Waals surface area (Å²) in [5.41, 5.74) is 1.76. The number of rotatable bonds is 6. The molecule has 1 amide bonds. The Kier molecular flexibility index (Phi) is 7.38. The normalized spacial score (nSPS) is 24.2. The van der Waals surface area contributed by atoms with E-state index in [1.165, 1.54) is 0 Å². The second-order valence-corrected chi connectivity index (χ2v) is 8.94. The lowest BCUT2D eigenvalue weighted by Gasteiger charge is -2.32. The average molecular weight is 452 g/mol. The van der Waals surface area contributed by atoms with Crippen LogP contribution in [0, 0.1) is 18.8 Å². The number of unbranched alkanes of at least 4 members (excludes halogenated alkanes) is 1. The van der Waals surface area contributed by atoms with E-state index in [9.17, 15) is 9.59 Å². The van der Waals surface area contributed by atoms with Crippen molar-refractivity contribution in [2.24, 2.45) is 11.8 Å². The molecule has 5 nitrogen and oxygen atoms in total. The summed E-state index contributed by atoms with van der Waals surface area (Å²) < 4.78 is 12.0. The zero-order valence-corrected chi connectivity index (χ0v) is 18.3. The number of aryl methyl sites for hydroxylation is 1. The van der Waals surface area contributed by atoms with Crippen molar-refractivity contribution in [3.05, 3.63) is 27.7 Å². The summed E-state index contributed by atoms with van der Waals surface area (Å²) in [5.74, 6) is 1.31. The minimum atomic E-state index is -0.301. The van der Waals surface area contributed by atoms with Gasteiger partial charge in [0, 0.05) is 6.04 Å². The van der Waals surface area contributed by atoms with Crippen molar-refractivity contribution in [1.82, 2.24) is 5.32 Å². The molecule has 0 saturated heterocycles. The van der Waals surface area contributed by atoms with E-state index in [1.54, 1.807) is 0 Å². The summed E-state index contributed by atoms with van der Waals surface area (Å²) in [6, 6.07) is 4.09. The average Bonchev–Trinajstić information content (AvgIpc) is 2.66. The molecule has 0 bridgehead atoms. The molecule has 1 aromatic rings. The largest absolute Gasteiger partial charge is 0.491 e. The van der Waals surface area contributed by atoms with Gasteiger partial charge in [0.05, 0.1) is 29.2 Å². The quantitative estimate of drug-likeness (QED) is 0.585. The van der Waals surface area contributed by atoms with Crippen LogP contribution in [0.4, 0.5) is 4.79 Å². The number of amides is 1. The van der Waals surface area contributed by atoms with E-state index in [0.29, 0.717) is 30.4 Å². The number of carbonyl (C=O) groups excluding carboxylic acids is 2. The Morgan fingerprint density at radius 3 is 2.75 bits per heavy atom. The van der Waals surface area contributed by atoms with Crippen molar-refractivity contribution in [2.45, 2.75) is 64.8 Å². The molecule has 1 aliphatic carbocycles. The molecule has 1 aliphatic heterocycles. The third-order valence-corrected chi connectivity index (χ3v) is 6.36. The van der Waals surface area contributed by atoms with Crippen molar-refractivity contribution < 1.29 is 19.1 Å². The second kappa shape index (κ2) is 9.77. The highest BCUT2D eigenvalue weighted by molar-refractivity contribution is 9.10. The van der Waals surface area contributed by atoms with Crippen molar-refractivity contribution in [3.63, 3.8) is 0 Å². The predicted molar refractivity (Wildman–Crippen MR) is 112 cm³/mol. The predicted octanol–water partition coefficient (Wildman–Crippen LogP) is 5.42. The van der Waals surface area contributed by atoms with E-state index in [0.717, 1.165) is 55.0 Å². The van der Waals surface area contributed by atoms with Crippen LogP contribution in [0.5, 0.6) is 5.75 Å². The fourth-order valence-electron chi connectivity index (χ4n) is 4.18. The SMILES string of the molecule is CCCCOC(=O)NC1CCC(C[C@@H]2COc3c(Br)cc(C)cc3C2=O)CC1. The van der Waals surface area contributed by atoms with E-state index < -0.39 is 0 Å². The number of alkyl carbamates (subject to hydrolysis) is 1. The number of nitrogens with one attached hydrogen (secondary N) is 1. The van der Waals surface area contributed by atoms with Gasteiger partial charge in [-0.3, -0.25) is 4.79 Å². The fraction of sp³-hybridized carbons (Fsp3) is 0.636. The number of Topliss-reactive ketones (excluding diaryl/α,β-unsaturated/α-hetero) is 1. The summed E-state index contributed by atoms with van der Waals surface area (Å²) in [4.78, 5) is 24.8. The first kappa shape index (κ1) is 21.2. The molecule has 6 heteroatoms. The van der Waals surface area contributed by atoms with Crippen LogP contribution < -0.4 is 10.1 Å². The van der Waals surface area contributed by atoms with Crippen LogP contribution in [0.25, 0.3) is 0 Å². The maximum Gasteiger partial charge on any atom is 0.407 e. The van der Waals surface area contributed by atoms with Crippen LogP contribution >= 0.6 is 15.9 Å². The summed E-state index contributed by atoms with van der Waals surface area (Å²) in [5, 5.41) is 2.98. The van der Waals surface area contributed by atoms with Gasteiger partial charge in [-0.05, 0) is 85.0 Å². The molecule has 1 N–H and O–H groups in total. The van der Waals surface area contributed by atoms with E-state index in [4.69, 9.17) is 9.47 Å². The van der Waals surface area contributed by atoms with Crippen LogP contribution in [-0.2, 0) is 4.74 Å². The standard InChI is InChI=1S/C22H30BrNO4/c1-3-4-9-27-22(26)24-17-7-5-15(6-8-17)12-16-13-28-21-18(20(16)25)10-14(2)11-19(21)23/h10-11,15-17H,3-9,12-13H2,1-2H3,(H,24,26)/t15?,16-,17?/m1/s1. The van der Waals surface area contributed by atoms with Crippen molar-refractivity contribution in [1.29, 1.82) is 0 Å². The van der Waals surface area contributed by atoms with Gasteiger partial charge in [-0.25, -0.2) is 4.79 Å². The van der Waals surface area contributed by atoms with Crippen molar-refractivity contribution in [3.8, 4) is 5.75 Å². The number of ether oxygens (including phenoxy) is 2. The number of fused-ring (bicyclic) bond motifs is 1. The maximum absolute atomic E-state index is 13.0. The molecular formula is C22H30BrNO4. The lowest BCUT2D eigenvalue weighted by atomic mass is 9.78.